The third-order valence-corrected chi connectivity index (χ3v) is 9.78. The molecule has 0 bridgehead atoms. The summed E-state index contributed by atoms with van der Waals surface area (Å²) in [5.41, 5.74) is 0.326. The molecule has 0 radical (unpaired) electrons. The molecular formula is C34H46Cl3NO12. The Hall–Kier alpha value is -2.68. The minimum Gasteiger partial charge on any atom is -0.465 e. The molecule has 0 aliphatic carbocycles. The van der Waals surface area contributed by atoms with Crippen LogP contribution in [0.2, 0.25) is 0 Å². The van der Waals surface area contributed by atoms with E-state index >= 15 is 0 Å². The molecule has 0 spiro atoms. The van der Waals surface area contributed by atoms with Crippen LogP contribution in [-0.4, -0.2) is 90.4 Å². The Morgan fingerprint density at radius 3 is 2.18 bits per heavy atom. The van der Waals surface area contributed by atoms with Gasteiger partial charge in [0.25, 0.3) is 9.58 Å². The topological polar surface area (TPSA) is 166 Å². The van der Waals surface area contributed by atoms with Gasteiger partial charge in [0.1, 0.15) is 25.4 Å². The molecule has 4 unspecified atom stereocenters. The largest absolute Gasteiger partial charge is 0.465 e. The first-order chi connectivity index (χ1) is 23.3. The fourth-order valence-electron chi connectivity index (χ4n) is 6.25. The smallest absolute Gasteiger partial charge is 0.366 e. The van der Waals surface area contributed by atoms with Crippen molar-refractivity contribution in [2.75, 3.05) is 20.3 Å². The number of hydrogen-bond donors (Lipinski definition) is 1. The van der Waals surface area contributed by atoms with Crippen molar-refractivity contribution in [3.63, 3.8) is 0 Å². The van der Waals surface area contributed by atoms with Crippen LogP contribution in [0.15, 0.2) is 30.3 Å². The van der Waals surface area contributed by atoms with Crippen LogP contribution in [0.4, 0.5) is 0 Å². The van der Waals surface area contributed by atoms with Crippen molar-refractivity contribution < 1.29 is 57.1 Å². The SMILES string of the molecule is COC(=O)[C@@]1(O[C@@H]2C(C)[C@@H](OC(=N)C(Cl)(Cl)Cl)OC(COC(=O)c3ccccc3)[C@@H]2C)CC(C)[C@@H](C)[C@H]([C@H](C)C(COC(C)=O)OC(C)=O)O1. The summed E-state index contributed by atoms with van der Waals surface area (Å²) in [5, 5.41) is 8.20. The lowest BCUT2D eigenvalue weighted by molar-refractivity contribution is -0.349. The summed E-state index contributed by atoms with van der Waals surface area (Å²) in [6, 6.07) is 8.38. The van der Waals surface area contributed by atoms with Crippen LogP contribution in [0.1, 0.15) is 65.2 Å². The Morgan fingerprint density at radius 1 is 0.980 bits per heavy atom. The predicted octanol–water partition coefficient (Wildman–Crippen LogP) is 5.65. The van der Waals surface area contributed by atoms with Gasteiger partial charge in [0.15, 0.2) is 0 Å². The van der Waals surface area contributed by atoms with E-state index in [0.717, 1.165) is 0 Å². The molecule has 16 heteroatoms. The molecule has 280 valence electrons. The Bertz CT molecular complexity index is 1360. The molecule has 3 rings (SSSR count). The number of benzene rings is 1. The fourth-order valence-corrected chi connectivity index (χ4v) is 6.38. The van der Waals surface area contributed by atoms with Crippen molar-refractivity contribution >= 4 is 64.6 Å². The van der Waals surface area contributed by atoms with Crippen molar-refractivity contribution in [3.05, 3.63) is 35.9 Å². The molecule has 0 amide bonds. The Morgan fingerprint density at radius 2 is 1.62 bits per heavy atom. The van der Waals surface area contributed by atoms with Gasteiger partial charge in [-0.15, -0.1) is 0 Å². The highest BCUT2D eigenvalue weighted by molar-refractivity contribution is 6.76. The minimum absolute atomic E-state index is 0.0756. The quantitative estimate of drug-likeness (QED) is 0.0915. The molecular weight excluding hydrogens is 721 g/mol. The maximum absolute atomic E-state index is 13.8. The second-order valence-corrected chi connectivity index (χ2v) is 15.2. The van der Waals surface area contributed by atoms with E-state index < -0.39 is 87.8 Å². The van der Waals surface area contributed by atoms with E-state index in [-0.39, 0.29) is 31.5 Å². The van der Waals surface area contributed by atoms with Gasteiger partial charge >= 0.3 is 23.9 Å². The van der Waals surface area contributed by atoms with Gasteiger partial charge in [-0.3, -0.25) is 15.0 Å². The van der Waals surface area contributed by atoms with Crippen molar-refractivity contribution in [1.29, 1.82) is 5.41 Å². The normalized spacial score (nSPS) is 31.0. The number of methoxy groups -OCH3 is 1. The third kappa shape index (κ3) is 10.4. The summed E-state index contributed by atoms with van der Waals surface area (Å²) in [6.45, 7) is 11.1. The first-order valence-electron chi connectivity index (χ1n) is 16.3. The Balaban J connectivity index is 1.99. The molecule has 2 aliphatic heterocycles. The zero-order valence-electron chi connectivity index (χ0n) is 29.3. The molecule has 2 heterocycles. The molecule has 1 N–H and O–H groups in total. The second-order valence-electron chi connectivity index (χ2n) is 12.9. The van der Waals surface area contributed by atoms with E-state index in [1.807, 2.05) is 13.8 Å². The summed E-state index contributed by atoms with van der Waals surface area (Å²) in [5.74, 6) is -7.50. The number of halogens is 3. The first kappa shape index (κ1) is 41.7. The van der Waals surface area contributed by atoms with Crippen molar-refractivity contribution in [3.8, 4) is 0 Å². The number of carbonyl (C=O) groups is 4. The fraction of sp³-hybridized carbons (Fsp3) is 0.676. The molecule has 2 fully saturated rings. The highest BCUT2D eigenvalue weighted by atomic mass is 35.6. The maximum atomic E-state index is 13.8. The van der Waals surface area contributed by atoms with Gasteiger partial charge in [0, 0.05) is 38.0 Å². The average Bonchev–Trinajstić information content (AvgIpc) is 3.05. The van der Waals surface area contributed by atoms with E-state index in [1.54, 1.807) is 51.1 Å². The van der Waals surface area contributed by atoms with Crippen molar-refractivity contribution in [2.24, 2.45) is 29.6 Å². The van der Waals surface area contributed by atoms with Gasteiger partial charge in [-0.05, 0) is 24.0 Å². The van der Waals surface area contributed by atoms with Gasteiger partial charge in [0.2, 0.25) is 12.2 Å². The zero-order chi connectivity index (χ0) is 37.6. The Kier molecular flexibility index (Phi) is 14.8. The lowest BCUT2D eigenvalue weighted by Gasteiger charge is -2.51. The molecule has 2 aliphatic rings. The van der Waals surface area contributed by atoms with E-state index in [0.29, 0.717) is 5.56 Å². The van der Waals surface area contributed by atoms with Crippen LogP contribution in [0.25, 0.3) is 0 Å². The number of esters is 4. The first-order valence-corrected chi connectivity index (χ1v) is 17.4. The molecule has 2 saturated heterocycles. The number of hydrogen-bond acceptors (Lipinski definition) is 13. The average molecular weight is 767 g/mol. The molecule has 50 heavy (non-hydrogen) atoms. The van der Waals surface area contributed by atoms with Crippen LogP contribution in [0.5, 0.6) is 0 Å². The third-order valence-electron chi connectivity index (χ3n) is 9.27. The van der Waals surface area contributed by atoms with E-state index in [9.17, 15) is 19.2 Å². The highest BCUT2D eigenvalue weighted by Crippen LogP contribution is 2.45. The molecule has 13 nitrogen and oxygen atoms in total. The standard InChI is InChI=1S/C34H46Cl3NO12/c1-17-14-33(32(42)43-8,49-27(18(17)2)19(3)25(46-23(7)40)15-44-22(6)39)50-28-20(4)26(16-45-29(41)24-12-10-9-11-13-24)47-30(21(28)5)48-31(38)34(35,36)37/h9-13,17-21,25-28,30,38H,14-16H2,1-8H3/t17?,18-,19-,20+,21?,25?,26?,27-,28+,30-,33+/m1/s1. The molecule has 1 aromatic carbocycles. The molecule has 0 aromatic heterocycles. The predicted molar refractivity (Wildman–Crippen MR) is 182 cm³/mol. The lowest BCUT2D eigenvalue weighted by Crippen LogP contribution is -2.62. The van der Waals surface area contributed by atoms with Gasteiger partial charge in [0.05, 0.1) is 24.9 Å². The van der Waals surface area contributed by atoms with E-state index in [2.05, 4.69) is 0 Å². The van der Waals surface area contributed by atoms with Crippen molar-refractivity contribution in [1.82, 2.24) is 0 Å². The maximum Gasteiger partial charge on any atom is 0.366 e. The highest BCUT2D eigenvalue weighted by Gasteiger charge is 2.57. The minimum atomic E-state index is -2.21. The summed E-state index contributed by atoms with van der Waals surface area (Å²) < 4.78 is 44.5. The molecule has 11 atom stereocenters. The zero-order valence-corrected chi connectivity index (χ0v) is 31.6. The van der Waals surface area contributed by atoms with Crippen LogP contribution in [-0.2, 0) is 52.3 Å². The molecule has 1 aromatic rings. The number of carbonyl (C=O) groups excluding carboxylic acids is 4. The number of alkyl halides is 3. The lowest BCUT2D eigenvalue weighted by atomic mass is 9.76. The van der Waals surface area contributed by atoms with E-state index in [1.165, 1.54) is 21.0 Å². The van der Waals surface area contributed by atoms with Gasteiger partial charge in [-0.1, -0.05) is 87.6 Å². The number of ether oxygens (including phenoxy) is 8. The van der Waals surface area contributed by atoms with Gasteiger partial charge < -0.3 is 37.9 Å². The van der Waals surface area contributed by atoms with Gasteiger partial charge in [-0.2, -0.15) is 0 Å². The van der Waals surface area contributed by atoms with Crippen LogP contribution < -0.4 is 0 Å². The van der Waals surface area contributed by atoms with Crippen LogP contribution >= 0.6 is 34.8 Å². The summed E-state index contributed by atoms with van der Waals surface area (Å²) >= 11 is 17.8. The van der Waals surface area contributed by atoms with Crippen LogP contribution in [0, 0.1) is 35.0 Å². The monoisotopic (exact) mass is 765 g/mol. The van der Waals surface area contributed by atoms with Crippen molar-refractivity contribution in [2.45, 2.75) is 95.2 Å². The Labute approximate surface area is 307 Å². The van der Waals surface area contributed by atoms with Crippen LogP contribution in [0.3, 0.4) is 0 Å². The summed E-state index contributed by atoms with van der Waals surface area (Å²) in [4.78, 5) is 50.3. The number of nitrogens with one attached hydrogen (secondary N) is 1. The number of rotatable bonds is 12. The summed E-state index contributed by atoms with van der Waals surface area (Å²) in [7, 11) is 1.21. The molecule has 0 saturated carbocycles. The summed E-state index contributed by atoms with van der Waals surface area (Å²) in [6.07, 6.45) is -4.61. The van der Waals surface area contributed by atoms with E-state index in [4.69, 9.17) is 78.1 Å². The second kappa shape index (κ2) is 17.7. The van der Waals surface area contributed by atoms with Gasteiger partial charge in [-0.25, -0.2) is 9.59 Å².